The highest BCUT2D eigenvalue weighted by molar-refractivity contribution is 6.01. The summed E-state index contributed by atoms with van der Waals surface area (Å²) in [5.41, 5.74) is 1.89. The summed E-state index contributed by atoms with van der Waals surface area (Å²) in [6, 6.07) is 16.7. The number of rotatable bonds is 10. The van der Waals surface area contributed by atoms with Gasteiger partial charge in [-0.05, 0) is 55.5 Å². The first kappa shape index (κ1) is 24.0. The van der Waals surface area contributed by atoms with Crippen LogP contribution in [0.3, 0.4) is 0 Å². The van der Waals surface area contributed by atoms with E-state index in [0.29, 0.717) is 40.6 Å². The van der Waals surface area contributed by atoms with Gasteiger partial charge in [0.2, 0.25) is 5.91 Å². The van der Waals surface area contributed by atoms with Crippen LogP contribution in [0.25, 0.3) is 11.0 Å². The Balaban J connectivity index is 1.75. The Bertz CT molecular complexity index is 1300. The summed E-state index contributed by atoms with van der Waals surface area (Å²) in [4.78, 5) is 28.6. The Morgan fingerprint density at radius 2 is 1.86 bits per heavy atom. The second kappa shape index (κ2) is 10.8. The van der Waals surface area contributed by atoms with E-state index in [4.69, 9.17) is 13.9 Å². The molecule has 1 atom stereocenters. The first-order valence-electron chi connectivity index (χ1n) is 11.1. The zero-order chi connectivity index (χ0) is 24.8. The van der Waals surface area contributed by atoms with Crippen LogP contribution >= 0.6 is 0 Å². The van der Waals surface area contributed by atoms with Gasteiger partial charge in [0.15, 0.2) is 6.04 Å². The van der Waals surface area contributed by atoms with E-state index >= 15 is 0 Å². The van der Waals surface area contributed by atoms with Gasteiger partial charge in [0.25, 0.3) is 5.91 Å². The molecule has 2 aromatic heterocycles. The molecule has 10 heteroatoms. The maximum Gasteiger partial charge on any atom is 0.251 e. The summed E-state index contributed by atoms with van der Waals surface area (Å²) >= 11 is 0. The number of amides is 2. The quantitative estimate of drug-likeness (QED) is 0.350. The SMILES string of the molecule is COCCNC(=O)[C@@H](c1ccc(C)o1)N(C(=O)Cn1nnc2ccccc21)c1ccc(OC)cc1. The molecule has 2 amide bonds. The molecule has 0 unspecified atom stereocenters. The Hall–Kier alpha value is -4.18. The minimum absolute atomic E-state index is 0.131. The number of aromatic nitrogens is 3. The summed E-state index contributed by atoms with van der Waals surface area (Å²) in [5.74, 6) is 0.818. The fourth-order valence-corrected chi connectivity index (χ4v) is 3.77. The summed E-state index contributed by atoms with van der Waals surface area (Å²) in [6.45, 7) is 2.26. The van der Waals surface area contributed by atoms with Crippen LogP contribution in [0, 0.1) is 6.92 Å². The Kier molecular flexibility index (Phi) is 7.41. The summed E-state index contributed by atoms with van der Waals surface area (Å²) in [6.07, 6.45) is 0. The van der Waals surface area contributed by atoms with E-state index < -0.39 is 11.9 Å². The molecule has 4 aromatic rings. The van der Waals surface area contributed by atoms with E-state index in [1.165, 1.54) is 9.58 Å². The monoisotopic (exact) mass is 477 g/mol. The Morgan fingerprint density at radius 1 is 1.09 bits per heavy atom. The number of benzene rings is 2. The maximum atomic E-state index is 13.8. The minimum Gasteiger partial charge on any atom is -0.497 e. The molecule has 0 aliphatic carbocycles. The molecule has 2 aromatic carbocycles. The molecule has 0 radical (unpaired) electrons. The molecular weight excluding hydrogens is 450 g/mol. The number of nitrogens with zero attached hydrogens (tertiary/aromatic N) is 4. The number of nitrogens with one attached hydrogen (secondary N) is 1. The average molecular weight is 478 g/mol. The largest absolute Gasteiger partial charge is 0.497 e. The van der Waals surface area contributed by atoms with Crippen LogP contribution in [0.15, 0.2) is 65.1 Å². The standard InChI is InChI=1S/C25H27N5O5/c1-17-8-13-22(35-17)24(25(32)26-14-15-33-2)30(18-9-11-19(34-3)12-10-18)23(31)16-29-21-7-5-4-6-20(21)27-28-29/h4-13,24H,14-16H2,1-3H3,(H,26,32)/t24-/m1/s1. The Labute approximate surface area is 202 Å². The van der Waals surface area contributed by atoms with Gasteiger partial charge in [0, 0.05) is 19.3 Å². The lowest BCUT2D eigenvalue weighted by molar-refractivity contribution is -0.127. The van der Waals surface area contributed by atoms with Crippen LogP contribution in [0.2, 0.25) is 0 Å². The summed E-state index contributed by atoms with van der Waals surface area (Å²) in [7, 11) is 3.11. The van der Waals surface area contributed by atoms with Crippen LogP contribution < -0.4 is 15.0 Å². The molecule has 0 spiro atoms. The van der Waals surface area contributed by atoms with Crippen molar-refractivity contribution >= 4 is 28.5 Å². The van der Waals surface area contributed by atoms with E-state index in [9.17, 15) is 9.59 Å². The number of furan rings is 1. The smallest absolute Gasteiger partial charge is 0.251 e. The van der Waals surface area contributed by atoms with Crippen molar-refractivity contribution in [1.82, 2.24) is 20.3 Å². The van der Waals surface area contributed by atoms with Crippen molar-refractivity contribution in [2.45, 2.75) is 19.5 Å². The molecule has 0 saturated heterocycles. The molecular formula is C25H27N5O5. The van der Waals surface area contributed by atoms with Gasteiger partial charge >= 0.3 is 0 Å². The van der Waals surface area contributed by atoms with E-state index in [1.54, 1.807) is 57.5 Å². The van der Waals surface area contributed by atoms with Crippen molar-refractivity contribution < 1.29 is 23.5 Å². The third-order valence-electron chi connectivity index (χ3n) is 5.47. The molecule has 10 nitrogen and oxygen atoms in total. The highest BCUT2D eigenvalue weighted by atomic mass is 16.5. The predicted octanol–water partition coefficient (Wildman–Crippen LogP) is 2.88. The molecule has 182 valence electrons. The van der Waals surface area contributed by atoms with E-state index in [1.807, 2.05) is 24.3 Å². The summed E-state index contributed by atoms with van der Waals surface area (Å²) < 4.78 is 17.7. The summed E-state index contributed by atoms with van der Waals surface area (Å²) in [5, 5.41) is 11.1. The van der Waals surface area contributed by atoms with Crippen molar-refractivity contribution in [1.29, 1.82) is 0 Å². The van der Waals surface area contributed by atoms with Gasteiger partial charge < -0.3 is 19.2 Å². The normalized spacial score (nSPS) is 11.9. The first-order chi connectivity index (χ1) is 17.0. The molecule has 1 N–H and O–H groups in total. The van der Waals surface area contributed by atoms with Gasteiger partial charge in [-0.1, -0.05) is 17.3 Å². The number of methoxy groups -OCH3 is 2. The van der Waals surface area contributed by atoms with Crippen molar-refractivity contribution in [3.63, 3.8) is 0 Å². The lowest BCUT2D eigenvalue weighted by Gasteiger charge is -2.30. The van der Waals surface area contributed by atoms with Crippen molar-refractivity contribution in [2.24, 2.45) is 0 Å². The molecule has 4 rings (SSSR count). The molecule has 0 aliphatic heterocycles. The number of anilines is 1. The first-order valence-corrected chi connectivity index (χ1v) is 11.1. The number of hydrogen-bond donors (Lipinski definition) is 1. The molecule has 0 aliphatic rings. The number of para-hydroxylation sites is 1. The highest BCUT2D eigenvalue weighted by Crippen LogP contribution is 2.31. The zero-order valence-corrected chi connectivity index (χ0v) is 19.8. The maximum absolute atomic E-state index is 13.8. The van der Waals surface area contributed by atoms with Crippen LogP contribution in [-0.4, -0.2) is 54.2 Å². The number of carbonyl (C=O) groups excluding carboxylic acids is 2. The van der Waals surface area contributed by atoms with Crippen LogP contribution in [0.4, 0.5) is 5.69 Å². The number of hydrogen-bond acceptors (Lipinski definition) is 7. The minimum atomic E-state index is -1.06. The van der Waals surface area contributed by atoms with Crippen LogP contribution in [0.1, 0.15) is 17.6 Å². The zero-order valence-electron chi connectivity index (χ0n) is 19.8. The molecule has 2 heterocycles. The number of aryl methyl sites for hydroxylation is 1. The van der Waals surface area contributed by atoms with E-state index in [2.05, 4.69) is 15.6 Å². The van der Waals surface area contributed by atoms with Crippen molar-refractivity contribution in [3.05, 3.63) is 72.2 Å². The number of carbonyl (C=O) groups is 2. The van der Waals surface area contributed by atoms with Gasteiger partial charge in [0.05, 0.1) is 19.2 Å². The van der Waals surface area contributed by atoms with E-state index in [0.717, 1.165) is 0 Å². The fraction of sp³-hybridized carbons (Fsp3) is 0.280. The second-order valence-electron chi connectivity index (χ2n) is 7.83. The predicted molar refractivity (Wildman–Crippen MR) is 129 cm³/mol. The van der Waals surface area contributed by atoms with Gasteiger partial charge in [-0.15, -0.1) is 5.10 Å². The number of ether oxygens (including phenoxy) is 2. The third kappa shape index (κ3) is 5.33. The van der Waals surface area contributed by atoms with Gasteiger partial charge in [-0.25, -0.2) is 4.68 Å². The Morgan fingerprint density at radius 3 is 2.54 bits per heavy atom. The topological polar surface area (TPSA) is 112 Å². The molecule has 0 saturated carbocycles. The fourth-order valence-electron chi connectivity index (χ4n) is 3.77. The lowest BCUT2D eigenvalue weighted by atomic mass is 10.1. The van der Waals surface area contributed by atoms with Gasteiger partial charge in [0.1, 0.15) is 29.3 Å². The van der Waals surface area contributed by atoms with Crippen LogP contribution in [-0.2, 0) is 20.9 Å². The molecule has 0 fully saturated rings. The highest BCUT2D eigenvalue weighted by Gasteiger charge is 2.35. The van der Waals surface area contributed by atoms with Gasteiger partial charge in [-0.3, -0.25) is 14.5 Å². The van der Waals surface area contributed by atoms with Crippen molar-refractivity contribution in [2.75, 3.05) is 32.3 Å². The lowest BCUT2D eigenvalue weighted by Crippen LogP contribution is -2.45. The third-order valence-corrected chi connectivity index (χ3v) is 5.47. The van der Waals surface area contributed by atoms with Gasteiger partial charge in [-0.2, -0.15) is 0 Å². The van der Waals surface area contributed by atoms with Crippen molar-refractivity contribution in [3.8, 4) is 5.75 Å². The average Bonchev–Trinajstić information content (AvgIpc) is 3.48. The van der Waals surface area contributed by atoms with E-state index in [-0.39, 0.29) is 19.0 Å². The second-order valence-corrected chi connectivity index (χ2v) is 7.83. The molecule has 35 heavy (non-hydrogen) atoms. The number of fused-ring (bicyclic) bond motifs is 1. The molecule has 0 bridgehead atoms. The van der Waals surface area contributed by atoms with Crippen LogP contribution in [0.5, 0.6) is 5.75 Å².